The Morgan fingerprint density at radius 3 is 2.36 bits per heavy atom. The minimum Gasteiger partial charge on any atom is -0.504 e. The summed E-state index contributed by atoms with van der Waals surface area (Å²) < 4.78 is 5.03. The van der Waals surface area contributed by atoms with E-state index in [1.54, 1.807) is 60.7 Å². The van der Waals surface area contributed by atoms with E-state index < -0.39 is 5.91 Å². The topological polar surface area (TPSA) is 88.0 Å². The normalized spacial score (nSPS) is 10.6. The smallest absolute Gasteiger partial charge is 0.272 e. The van der Waals surface area contributed by atoms with Gasteiger partial charge in [-0.25, -0.2) is 5.43 Å². The first kappa shape index (κ1) is 18.8. The standard InChI is InChI=1S/C22H18N2O4/c1-28-20-13-15(11-12-19(20)25)14-23-24-22(27)18-10-6-5-9-17(18)21(26)16-7-3-2-4-8-16/h2-14,25H,1H3,(H,24,27)/b23-14+. The van der Waals surface area contributed by atoms with Crippen molar-refractivity contribution in [1.29, 1.82) is 0 Å². The molecule has 0 atom stereocenters. The summed E-state index contributed by atoms with van der Waals surface area (Å²) in [4.78, 5) is 25.2. The zero-order valence-corrected chi connectivity index (χ0v) is 15.1. The van der Waals surface area contributed by atoms with Crippen molar-refractivity contribution in [2.24, 2.45) is 5.10 Å². The Morgan fingerprint density at radius 1 is 0.964 bits per heavy atom. The molecule has 3 aromatic carbocycles. The van der Waals surface area contributed by atoms with Crippen molar-refractivity contribution >= 4 is 17.9 Å². The maximum atomic E-state index is 12.7. The molecule has 6 heteroatoms. The molecule has 28 heavy (non-hydrogen) atoms. The summed E-state index contributed by atoms with van der Waals surface area (Å²) >= 11 is 0. The van der Waals surface area contributed by atoms with Gasteiger partial charge in [-0.15, -0.1) is 0 Å². The predicted molar refractivity (Wildman–Crippen MR) is 106 cm³/mol. The Kier molecular flexibility index (Phi) is 5.81. The lowest BCUT2D eigenvalue weighted by molar-refractivity contribution is 0.0943. The van der Waals surface area contributed by atoms with Crippen LogP contribution in [0.25, 0.3) is 0 Å². The number of benzene rings is 3. The number of nitrogens with one attached hydrogen (secondary N) is 1. The Balaban J connectivity index is 1.77. The van der Waals surface area contributed by atoms with Crippen LogP contribution in [-0.2, 0) is 0 Å². The monoisotopic (exact) mass is 374 g/mol. The minimum atomic E-state index is -0.498. The van der Waals surface area contributed by atoms with E-state index in [1.165, 1.54) is 19.4 Å². The number of ketones is 1. The highest BCUT2D eigenvalue weighted by Crippen LogP contribution is 2.25. The van der Waals surface area contributed by atoms with Crippen molar-refractivity contribution in [3.05, 3.63) is 95.1 Å². The Labute approximate surface area is 162 Å². The number of aromatic hydroxyl groups is 1. The van der Waals surface area contributed by atoms with Gasteiger partial charge in [0.05, 0.1) is 18.9 Å². The number of hydrogen-bond acceptors (Lipinski definition) is 5. The Morgan fingerprint density at radius 2 is 1.64 bits per heavy atom. The number of ether oxygens (including phenoxy) is 1. The van der Waals surface area contributed by atoms with Crippen LogP contribution in [0.4, 0.5) is 0 Å². The van der Waals surface area contributed by atoms with E-state index in [2.05, 4.69) is 10.5 Å². The van der Waals surface area contributed by atoms with Crippen LogP contribution in [0, 0.1) is 0 Å². The molecule has 0 heterocycles. The first-order chi connectivity index (χ1) is 13.6. The zero-order valence-electron chi connectivity index (χ0n) is 15.1. The minimum absolute atomic E-state index is 0.0111. The number of carbonyl (C=O) groups excluding carboxylic acids is 2. The van der Waals surface area contributed by atoms with Crippen molar-refractivity contribution in [2.75, 3.05) is 7.11 Å². The maximum absolute atomic E-state index is 12.7. The largest absolute Gasteiger partial charge is 0.504 e. The molecule has 0 spiro atoms. The molecule has 2 N–H and O–H groups in total. The number of nitrogens with zero attached hydrogens (tertiary/aromatic N) is 1. The average Bonchev–Trinajstić information content (AvgIpc) is 2.75. The van der Waals surface area contributed by atoms with E-state index in [0.717, 1.165) is 0 Å². The molecule has 0 radical (unpaired) electrons. The third-order valence-corrected chi connectivity index (χ3v) is 4.04. The lowest BCUT2D eigenvalue weighted by atomic mass is 9.98. The molecule has 0 aliphatic carbocycles. The second-order valence-corrected chi connectivity index (χ2v) is 5.87. The van der Waals surface area contributed by atoms with E-state index in [1.807, 2.05) is 6.07 Å². The lowest BCUT2D eigenvalue weighted by Gasteiger charge is -2.07. The van der Waals surface area contributed by atoms with Crippen LogP contribution in [0.3, 0.4) is 0 Å². The quantitative estimate of drug-likeness (QED) is 0.393. The van der Waals surface area contributed by atoms with Gasteiger partial charge in [0.25, 0.3) is 5.91 Å². The summed E-state index contributed by atoms with van der Waals surface area (Å²) in [5, 5.41) is 13.5. The second kappa shape index (κ2) is 8.64. The molecule has 6 nitrogen and oxygen atoms in total. The lowest BCUT2D eigenvalue weighted by Crippen LogP contribution is -2.21. The van der Waals surface area contributed by atoms with Crippen molar-refractivity contribution in [2.45, 2.75) is 0 Å². The Bertz CT molecular complexity index is 1030. The van der Waals surface area contributed by atoms with Crippen molar-refractivity contribution in [3.8, 4) is 11.5 Å². The zero-order chi connectivity index (χ0) is 19.9. The maximum Gasteiger partial charge on any atom is 0.272 e. The fourth-order valence-electron chi connectivity index (χ4n) is 2.62. The summed E-state index contributed by atoms with van der Waals surface area (Å²) in [6, 6.07) is 20.0. The van der Waals surface area contributed by atoms with Crippen LogP contribution < -0.4 is 10.2 Å². The highest BCUT2D eigenvalue weighted by Gasteiger charge is 2.17. The summed E-state index contributed by atoms with van der Waals surface area (Å²) in [7, 11) is 1.44. The summed E-state index contributed by atoms with van der Waals surface area (Å²) in [6.45, 7) is 0. The molecule has 0 saturated carbocycles. The number of methoxy groups -OCH3 is 1. The number of carbonyl (C=O) groups is 2. The summed E-state index contributed by atoms with van der Waals surface area (Å²) in [5.41, 5.74) is 4.08. The van der Waals surface area contributed by atoms with Gasteiger partial charge in [-0.1, -0.05) is 48.5 Å². The molecule has 0 aliphatic heterocycles. The van der Waals surface area contributed by atoms with Gasteiger partial charge >= 0.3 is 0 Å². The van der Waals surface area contributed by atoms with Crippen LogP contribution in [0.15, 0.2) is 77.9 Å². The molecule has 1 amide bonds. The number of hydrogen-bond donors (Lipinski definition) is 2. The molecule has 0 bridgehead atoms. The van der Waals surface area contributed by atoms with E-state index in [4.69, 9.17) is 4.74 Å². The van der Waals surface area contributed by atoms with E-state index in [-0.39, 0.29) is 17.1 Å². The summed E-state index contributed by atoms with van der Waals surface area (Å²) in [5.74, 6) is -0.424. The molecule has 0 saturated heterocycles. The fourth-order valence-corrected chi connectivity index (χ4v) is 2.62. The molecule has 3 aromatic rings. The van der Waals surface area contributed by atoms with E-state index in [0.29, 0.717) is 22.4 Å². The SMILES string of the molecule is COc1cc(/C=N/NC(=O)c2ccccc2C(=O)c2ccccc2)ccc1O. The highest BCUT2D eigenvalue weighted by molar-refractivity contribution is 6.15. The van der Waals surface area contributed by atoms with Crippen molar-refractivity contribution < 1.29 is 19.4 Å². The molecule has 0 aromatic heterocycles. The Hall–Kier alpha value is -3.93. The molecule has 0 unspecified atom stereocenters. The molecular weight excluding hydrogens is 356 g/mol. The van der Waals surface area contributed by atoms with Gasteiger partial charge in [-0.2, -0.15) is 5.10 Å². The van der Waals surface area contributed by atoms with Gasteiger partial charge in [0.1, 0.15) is 0 Å². The average molecular weight is 374 g/mol. The van der Waals surface area contributed by atoms with Gasteiger partial charge in [0, 0.05) is 11.1 Å². The van der Waals surface area contributed by atoms with Gasteiger partial charge in [-0.05, 0) is 29.8 Å². The number of phenols is 1. The van der Waals surface area contributed by atoms with Crippen LogP contribution in [-0.4, -0.2) is 30.1 Å². The molecule has 140 valence electrons. The van der Waals surface area contributed by atoms with Gasteiger partial charge in [0.15, 0.2) is 17.3 Å². The van der Waals surface area contributed by atoms with Crippen molar-refractivity contribution in [3.63, 3.8) is 0 Å². The van der Waals surface area contributed by atoms with Crippen LogP contribution in [0.2, 0.25) is 0 Å². The second-order valence-electron chi connectivity index (χ2n) is 5.87. The van der Waals surface area contributed by atoms with Gasteiger partial charge < -0.3 is 9.84 Å². The first-order valence-corrected chi connectivity index (χ1v) is 8.49. The van der Waals surface area contributed by atoms with E-state index >= 15 is 0 Å². The molecule has 0 aliphatic rings. The highest BCUT2D eigenvalue weighted by atomic mass is 16.5. The summed E-state index contributed by atoms with van der Waals surface area (Å²) in [6.07, 6.45) is 1.42. The third-order valence-electron chi connectivity index (χ3n) is 4.04. The molecular formula is C22H18N2O4. The van der Waals surface area contributed by atoms with Crippen LogP contribution >= 0.6 is 0 Å². The molecule has 0 fully saturated rings. The van der Waals surface area contributed by atoms with Gasteiger partial charge in [0.2, 0.25) is 0 Å². The molecule has 3 rings (SSSR count). The third kappa shape index (κ3) is 4.24. The number of amides is 1. The van der Waals surface area contributed by atoms with E-state index in [9.17, 15) is 14.7 Å². The number of rotatable bonds is 6. The first-order valence-electron chi connectivity index (χ1n) is 8.49. The fraction of sp³-hybridized carbons (Fsp3) is 0.0455. The number of hydrazone groups is 1. The predicted octanol–water partition coefficient (Wildman–Crippen LogP) is 3.40. The van der Waals surface area contributed by atoms with Gasteiger partial charge in [-0.3, -0.25) is 9.59 Å². The van der Waals surface area contributed by atoms with Crippen LogP contribution in [0.5, 0.6) is 11.5 Å². The van der Waals surface area contributed by atoms with Crippen molar-refractivity contribution in [1.82, 2.24) is 5.43 Å². The van der Waals surface area contributed by atoms with Crippen LogP contribution in [0.1, 0.15) is 31.8 Å². The number of phenolic OH excluding ortho intramolecular Hbond substituents is 1.